The highest BCUT2D eigenvalue weighted by Crippen LogP contribution is 2.53. The maximum atomic E-state index is 13.8. The minimum atomic E-state index is -1.88. The van der Waals surface area contributed by atoms with Gasteiger partial charge in [0.1, 0.15) is 35.6 Å². The number of rotatable bonds is 8. The standard InChI is InChI=1S/C40H51NO15/c1-16-23(43)10-11-27(51-16)55-39-18(3)53-29(13-25(39)45)56-38-17(2)52-28(12-22(38)41(5)6)54-26-15-40(50,19(4)42)14-21-31(26)37(49)33-32(35(21)47)34(46)20-8-7-9-24(44)30(20)36(33)48/h7-9,16-19,22,25-29,38-39,42,44-45,47,49-50H,10-15H2,1-6H3/t16-,17-,18-,19?,22-,25-,26?,27-,28-,29-,38+,39+,40?/m0/s1. The number of nitrogens with zero attached hydrogens (tertiary/aromatic N) is 1. The van der Waals surface area contributed by atoms with Crippen LogP contribution in [0.15, 0.2) is 18.2 Å². The number of phenolic OH excluding ortho intramolecular Hbond substituents is 3. The molecular weight excluding hydrogens is 734 g/mol. The lowest BCUT2D eigenvalue weighted by Gasteiger charge is -2.47. The van der Waals surface area contributed by atoms with Crippen molar-refractivity contribution in [3.8, 4) is 17.2 Å². The predicted octanol–water partition coefficient (Wildman–Crippen LogP) is 2.12. The Morgan fingerprint density at radius 2 is 1.48 bits per heavy atom. The molecule has 3 fully saturated rings. The van der Waals surface area contributed by atoms with E-state index in [-0.39, 0.29) is 59.8 Å². The molecule has 306 valence electrons. The van der Waals surface area contributed by atoms with Crippen molar-refractivity contribution in [3.05, 3.63) is 51.6 Å². The van der Waals surface area contributed by atoms with Crippen molar-refractivity contribution >= 4 is 17.3 Å². The minimum absolute atomic E-state index is 0.00193. The third-order valence-electron chi connectivity index (χ3n) is 12.0. The van der Waals surface area contributed by atoms with E-state index in [4.69, 9.17) is 28.4 Å². The fraction of sp³-hybridized carbons (Fsp3) is 0.625. The number of carbonyl (C=O) groups excluding carboxylic acids is 3. The number of aliphatic hydroxyl groups excluding tert-OH is 2. The van der Waals surface area contributed by atoms with Crippen molar-refractivity contribution in [2.24, 2.45) is 0 Å². The zero-order valence-corrected chi connectivity index (χ0v) is 32.2. The number of phenols is 3. The molecule has 0 spiro atoms. The zero-order chi connectivity index (χ0) is 40.5. The molecule has 13 atom stereocenters. The molecule has 7 rings (SSSR count). The SMILES string of the molecule is CC(O)C1(O)Cc2c(O)c3c(c(O)c2C(O[C@H]2C[C@H](N(C)C)[C@H](O[C@H]4C[C@H](O)[C@H](O[C@H]5CCC(=O)[C@H](C)O5)[C@H](C)O4)[C@H](C)O2)C1)C(=O)c1c(O)cccc1C3=O. The van der Waals surface area contributed by atoms with Gasteiger partial charge in [0.2, 0.25) is 5.78 Å². The van der Waals surface area contributed by atoms with Crippen molar-refractivity contribution in [1.29, 1.82) is 0 Å². The van der Waals surface area contributed by atoms with E-state index in [2.05, 4.69) is 0 Å². The van der Waals surface area contributed by atoms with Crippen LogP contribution in [0.25, 0.3) is 0 Å². The summed E-state index contributed by atoms with van der Waals surface area (Å²) < 4.78 is 37.2. The van der Waals surface area contributed by atoms with Crippen LogP contribution in [-0.2, 0) is 39.6 Å². The van der Waals surface area contributed by atoms with Gasteiger partial charge in [-0.3, -0.25) is 14.4 Å². The van der Waals surface area contributed by atoms with Crippen LogP contribution in [0.2, 0.25) is 0 Å². The van der Waals surface area contributed by atoms with Crippen LogP contribution in [0.5, 0.6) is 17.2 Å². The highest BCUT2D eigenvalue weighted by atomic mass is 16.7. The Balaban J connectivity index is 1.11. The predicted molar refractivity (Wildman–Crippen MR) is 193 cm³/mol. The third kappa shape index (κ3) is 7.14. The molecule has 2 aromatic rings. The van der Waals surface area contributed by atoms with Gasteiger partial charge in [-0.05, 0) is 47.9 Å². The number of fused-ring (bicyclic) bond motifs is 3. The summed E-state index contributed by atoms with van der Waals surface area (Å²) in [5.41, 5.74) is -3.42. The second-order valence-corrected chi connectivity index (χ2v) is 16.0. The van der Waals surface area contributed by atoms with Gasteiger partial charge >= 0.3 is 0 Å². The van der Waals surface area contributed by atoms with Gasteiger partial charge in [0.25, 0.3) is 0 Å². The van der Waals surface area contributed by atoms with Gasteiger partial charge in [-0.15, -0.1) is 0 Å². The van der Waals surface area contributed by atoms with Crippen molar-refractivity contribution < 1.29 is 73.4 Å². The van der Waals surface area contributed by atoms with Crippen molar-refractivity contribution in [2.45, 2.75) is 146 Å². The van der Waals surface area contributed by atoms with Crippen molar-refractivity contribution in [1.82, 2.24) is 4.90 Å². The highest BCUT2D eigenvalue weighted by molar-refractivity contribution is 6.31. The molecule has 5 aliphatic rings. The highest BCUT2D eigenvalue weighted by Gasteiger charge is 2.50. The Morgan fingerprint density at radius 3 is 2.12 bits per heavy atom. The molecule has 0 amide bonds. The molecule has 3 heterocycles. The Bertz CT molecular complexity index is 1870. The van der Waals surface area contributed by atoms with E-state index >= 15 is 0 Å². The number of ether oxygens (including phenoxy) is 6. The lowest BCUT2D eigenvalue weighted by atomic mass is 9.71. The van der Waals surface area contributed by atoms with Gasteiger partial charge in [-0.25, -0.2) is 0 Å². The fourth-order valence-corrected chi connectivity index (χ4v) is 8.81. The molecule has 0 bridgehead atoms. The molecule has 3 aliphatic heterocycles. The van der Waals surface area contributed by atoms with E-state index in [1.807, 2.05) is 19.0 Å². The first-order chi connectivity index (χ1) is 26.4. The lowest BCUT2D eigenvalue weighted by molar-refractivity contribution is -0.324. The second-order valence-electron chi connectivity index (χ2n) is 16.0. The van der Waals surface area contributed by atoms with Gasteiger partial charge in [0.15, 0.2) is 30.4 Å². The number of benzene rings is 2. The largest absolute Gasteiger partial charge is 0.507 e. The normalized spacial score (nSPS) is 36.5. The van der Waals surface area contributed by atoms with E-state index in [0.717, 1.165) is 0 Å². The zero-order valence-electron chi connectivity index (χ0n) is 32.2. The van der Waals surface area contributed by atoms with Crippen LogP contribution in [0, 0.1) is 0 Å². The van der Waals surface area contributed by atoms with Gasteiger partial charge in [0.05, 0.1) is 52.8 Å². The van der Waals surface area contributed by atoms with Gasteiger partial charge < -0.3 is 64.0 Å². The Hall–Kier alpha value is -3.55. The Labute approximate surface area is 323 Å². The Kier molecular flexibility index (Phi) is 11.1. The fourth-order valence-electron chi connectivity index (χ4n) is 8.81. The molecule has 56 heavy (non-hydrogen) atoms. The number of hydrogen-bond donors (Lipinski definition) is 6. The van der Waals surface area contributed by atoms with Crippen LogP contribution in [-0.4, -0.2) is 140 Å². The summed E-state index contributed by atoms with van der Waals surface area (Å²) in [5, 5.41) is 67.5. The summed E-state index contributed by atoms with van der Waals surface area (Å²) >= 11 is 0. The monoisotopic (exact) mass is 785 g/mol. The average molecular weight is 786 g/mol. The molecule has 3 saturated heterocycles. The quantitative estimate of drug-likeness (QED) is 0.180. The van der Waals surface area contributed by atoms with Crippen LogP contribution in [0.4, 0.5) is 0 Å². The maximum absolute atomic E-state index is 13.8. The van der Waals surface area contributed by atoms with E-state index in [1.54, 1.807) is 20.8 Å². The summed E-state index contributed by atoms with van der Waals surface area (Å²) in [6, 6.07) is 3.60. The molecule has 0 radical (unpaired) electrons. The maximum Gasteiger partial charge on any atom is 0.202 e. The number of likely N-dealkylation sites (N-methyl/N-ethyl adjacent to an activating group) is 1. The topological polar surface area (TPSA) is 231 Å². The molecular formula is C40H51NO15. The Morgan fingerprint density at radius 1 is 0.839 bits per heavy atom. The van der Waals surface area contributed by atoms with Gasteiger partial charge in [-0.2, -0.15) is 0 Å². The van der Waals surface area contributed by atoms with E-state index < -0.39 is 113 Å². The van der Waals surface area contributed by atoms with E-state index in [0.29, 0.717) is 12.8 Å². The number of aromatic hydroxyl groups is 3. The second kappa shape index (κ2) is 15.3. The summed E-state index contributed by atoms with van der Waals surface area (Å²) in [6.45, 7) is 6.59. The van der Waals surface area contributed by atoms with Crippen molar-refractivity contribution in [3.63, 3.8) is 0 Å². The number of aliphatic hydroxyl groups is 3. The lowest BCUT2D eigenvalue weighted by Crippen LogP contribution is -2.58. The van der Waals surface area contributed by atoms with Crippen LogP contribution in [0.3, 0.4) is 0 Å². The summed E-state index contributed by atoms with van der Waals surface area (Å²) in [4.78, 5) is 41.3. The van der Waals surface area contributed by atoms with Crippen molar-refractivity contribution in [2.75, 3.05) is 14.1 Å². The summed E-state index contributed by atoms with van der Waals surface area (Å²) in [5.74, 6) is -3.42. The molecule has 3 unspecified atom stereocenters. The molecule has 2 aliphatic carbocycles. The molecule has 0 aromatic heterocycles. The molecule has 16 nitrogen and oxygen atoms in total. The molecule has 16 heteroatoms. The summed E-state index contributed by atoms with van der Waals surface area (Å²) in [7, 11) is 3.70. The molecule has 2 aromatic carbocycles. The minimum Gasteiger partial charge on any atom is -0.507 e. The average Bonchev–Trinajstić information content (AvgIpc) is 3.12. The first-order valence-corrected chi connectivity index (χ1v) is 19.1. The van der Waals surface area contributed by atoms with Gasteiger partial charge in [0, 0.05) is 61.3 Å². The van der Waals surface area contributed by atoms with E-state index in [1.165, 1.54) is 25.1 Å². The van der Waals surface area contributed by atoms with Gasteiger partial charge in [-0.1, -0.05) is 12.1 Å². The first-order valence-electron chi connectivity index (χ1n) is 19.1. The third-order valence-corrected chi connectivity index (χ3v) is 12.0. The first kappa shape index (κ1) is 40.6. The molecule has 6 N–H and O–H groups in total. The van der Waals surface area contributed by atoms with Crippen LogP contribution in [0.1, 0.15) is 109 Å². The smallest absolute Gasteiger partial charge is 0.202 e. The number of carbonyl (C=O) groups is 3. The summed E-state index contributed by atoms with van der Waals surface area (Å²) in [6.07, 6.45) is -8.76. The van der Waals surface area contributed by atoms with E-state index in [9.17, 15) is 45.0 Å². The number of Topliss-reactive ketones (excluding diaryl/α,β-unsaturated/α-hetero) is 1. The van der Waals surface area contributed by atoms with Crippen LogP contribution < -0.4 is 0 Å². The molecule has 0 saturated carbocycles. The number of ketones is 3. The number of hydrogen-bond acceptors (Lipinski definition) is 16. The van der Waals surface area contributed by atoms with Crippen LogP contribution >= 0.6 is 0 Å².